The normalized spacial score (nSPS) is 10.6. The minimum absolute atomic E-state index is 0.0690. The van der Waals surface area contributed by atoms with E-state index in [1.807, 2.05) is 62.4 Å². The number of aromatic nitrogens is 2. The van der Waals surface area contributed by atoms with E-state index in [9.17, 15) is 4.79 Å². The summed E-state index contributed by atoms with van der Waals surface area (Å²) in [5.74, 6) is 1.71. The van der Waals surface area contributed by atoms with E-state index in [0.29, 0.717) is 49.0 Å². The van der Waals surface area contributed by atoms with E-state index in [-0.39, 0.29) is 5.91 Å². The molecule has 140 valence electrons. The number of aryl methyl sites for hydroxylation is 2. The Labute approximate surface area is 158 Å². The predicted octanol–water partition coefficient (Wildman–Crippen LogP) is 4.41. The first-order valence-corrected chi connectivity index (χ1v) is 9.07. The number of amides is 1. The lowest BCUT2D eigenvalue weighted by Crippen LogP contribution is -2.12. The third kappa shape index (κ3) is 5.17. The van der Waals surface area contributed by atoms with Crippen molar-refractivity contribution >= 4 is 11.6 Å². The van der Waals surface area contributed by atoms with Crippen molar-refractivity contribution in [1.29, 1.82) is 0 Å². The summed E-state index contributed by atoms with van der Waals surface area (Å²) in [6.45, 7) is 4.49. The number of carbonyl (C=O) groups is 1. The van der Waals surface area contributed by atoms with Gasteiger partial charge in [-0.05, 0) is 32.4 Å². The molecule has 1 N–H and O–H groups in total. The highest BCUT2D eigenvalue weighted by Gasteiger charge is 2.11. The maximum absolute atomic E-state index is 12.2. The van der Waals surface area contributed by atoms with E-state index < -0.39 is 0 Å². The lowest BCUT2D eigenvalue weighted by atomic mass is 10.1. The van der Waals surface area contributed by atoms with Gasteiger partial charge in [-0.15, -0.1) is 0 Å². The fourth-order valence-electron chi connectivity index (χ4n) is 2.64. The molecule has 0 aliphatic carbocycles. The van der Waals surface area contributed by atoms with Crippen LogP contribution in [0.3, 0.4) is 0 Å². The van der Waals surface area contributed by atoms with Gasteiger partial charge in [0, 0.05) is 18.4 Å². The topological polar surface area (TPSA) is 77.2 Å². The van der Waals surface area contributed by atoms with Crippen molar-refractivity contribution in [2.45, 2.75) is 33.1 Å². The van der Waals surface area contributed by atoms with E-state index in [4.69, 9.17) is 9.26 Å². The van der Waals surface area contributed by atoms with Crippen LogP contribution in [0.15, 0.2) is 53.1 Å². The molecule has 0 radical (unpaired) electrons. The standard InChI is InChI=1S/C21H23N3O3/c1-3-26-18-8-5-4-7-17(18)22-19(25)9-6-10-20-23-21(24-27-20)16-13-11-15(2)12-14-16/h4-5,7-8,11-14H,3,6,9-10H2,1-2H3,(H,22,25). The third-order valence-corrected chi connectivity index (χ3v) is 4.03. The van der Waals surface area contributed by atoms with Gasteiger partial charge in [0.25, 0.3) is 0 Å². The largest absolute Gasteiger partial charge is 0.492 e. The van der Waals surface area contributed by atoms with Gasteiger partial charge in [-0.25, -0.2) is 0 Å². The van der Waals surface area contributed by atoms with E-state index in [1.165, 1.54) is 5.56 Å². The van der Waals surface area contributed by atoms with Crippen molar-refractivity contribution in [1.82, 2.24) is 10.1 Å². The summed E-state index contributed by atoms with van der Waals surface area (Å²) in [5.41, 5.74) is 2.78. The quantitative estimate of drug-likeness (QED) is 0.640. The first kappa shape index (κ1) is 18.6. The Hall–Kier alpha value is -3.15. The lowest BCUT2D eigenvalue weighted by Gasteiger charge is -2.10. The van der Waals surface area contributed by atoms with Crippen LogP contribution >= 0.6 is 0 Å². The summed E-state index contributed by atoms with van der Waals surface area (Å²) in [4.78, 5) is 16.6. The minimum Gasteiger partial charge on any atom is -0.492 e. The maximum atomic E-state index is 12.2. The molecule has 3 rings (SSSR count). The molecule has 0 unspecified atom stereocenters. The zero-order valence-electron chi connectivity index (χ0n) is 15.6. The molecule has 0 bridgehead atoms. The summed E-state index contributed by atoms with van der Waals surface area (Å²) in [7, 11) is 0. The molecule has 6 heteroatoms. The molecule has 6 nitrogen and oxygen atoms in total. The number of carbonyl (C=O) groups excluding carboxylic acids is 1. The number of ether oxygens (including phenoxy) is 1. The van der Waals surface area contributed by atoms with Gasteiger partial charge in [0.15, 0.2) is 0 Å². The Balaban J connectivity index is 1.50. The zero-order valence-corrected chi connectivity index (χ0v) is 15.6. The molecule has 1 heterocycles. The van der Waals surface area contributed by atoms with Gasteiger partial charge in [-0.2, -0.15) is 4.98 Å². The molecule has 1 amide bonds. The van der Waals surface area contributed by atoms with Gasteiger partial charge in [-0.1, -0.05) is 47.1 Å². The molecule has 0 saturated heterocycles. The number of benzene rings is 2. The summed E-state index contributed by atoms with van der Waals surface area (Å²) in [6.07, 6.45) is 1.54. The zero-order chi connectivity index (χ0) is 19.1. The monoisotopic (exact) mass is 365 g/mol. The number of para-hydroxylation sites is 2. The van der Waals surface area contributed by atoms with Crippen molar-refractivity contribution in [3.8, 4) is 17.1 Å². The van der Waals surface area contributed by atoms with Crippen LogP contribution in [0.25, 0.3) is 11.4 Å². The van der Waals surface area contributed by atoms with Crippen LogP contribution in [-0.4, -0.2) is 22.7 Å². The molecule has 3 aromatic rings. The SMILES string of the molecule is CCOc1ccccc1NC(=O)CCCc1nc(-c2ccc(C)cc2)no1. The fourth-order valence-corrected chi connectivity index (χ4v) is 2.64. The molecular weight excluding hydrogens is 342 g/mol. The van der Waals surface area contributed by atoms with E-state index >= 15 is 0 Å². The second-order valence-corrected chi connectivity index (χ2v) is 6.21. The van der Waals surface area contributed by atoms with E-state index in [1.54, 1.807) is 0 Å². The number of hydrogen-bond acceptors (Lipinski definition) is 5. The van der Waals surface area contributed by atoms with Crippen LogP contribution in [-0.2, 0) is 11.2 Å². The first-order valence-electron chi connectivity index (χ1n) is 9.07. The first-order chi connectivity index (χ1) is 13.2. The second kappa shape index (κ2) is 8.98. The average molecular weight is 365 g/mol. The molecule has 27 heavy (non-hydrogen) atoms. The number of nitrogens with one attached hydrogen (secondary N) is 1. The molecule has 0 spiro atoms. The highest BCUT2D eigenvalue weighted by molar-refractivity contribution is 5.92. The van der Waals surface area contributed by atoms with Gasteiger partial charge in [-0.3, -0.25) is 4.79 Å². The number of nitrogens with zero attached hydrogens (tertiary/aromatic N) is 2. The van der Waals surface area contributed by atoms with Crippen molar-refractivity contribution < 1.29 is 14.1 Å². The van der Waals surface area contributed by atoms with Crippen LogP contribution in [0.5, 0.6) is 5.75 Å². The Bertz CT molecular complexity index is 888. The van der Waals surface area contributed by atoms with Gasteiger partial charge in [0.05, 0.1) is 12.3 Å². The summed E-state index contributed by atoms with van der Waals surface area (Å²) in [6, 6.07) is 15.4. The van der Waals surface area contributed by atoms with E-state index in [2.05, 4.69) is 15.5 Å². The summed E-state index contributed by atoms with van der Waals surface area (Å²) < 4.78 is 10.8. The van der Waals surface area contributed by atoms with Gasteiger partial charge < -0.3 is 14.6 Å². The van der Waals surface area contributed by atoms with Crippen molar-refractivity contribution in [3.63, 3.8) is 0 Å². The van der Waals surface area contributed by atoms with Crippen LogP contribution in [0, 0.1) is 6.92 Å². The Morgan fingerprint density at radius 1 is 1.15 bits per heavy atom. The molecule has 0 atom stereocenters. The Morgan fingerprint density at radius 3 is 2.70 bits per heavy atom. The van der Waals surface area contributed by atoms with Gasteiger partial charge >= 0.3 is 0 Å². The Kier molecular flexibility index (Phi) is 6.20. The predicted molar refractivity (Wildman–Crippen MR) is 104 cm³/mol. The maximum Gasteiger partial charge on any atom is 0.226 e. The highest BCUT2D eigenvalue weighted by Crippen LogP contribution is 2.24. The van der Waals surface area contributed by atoms with Crippen molar-refractivity contribution in [3.05, 3.63) is 60.0 Å². The number of hydrogen-bond donors (Lipinski definition) is 1. The molecule has 2 aromatic carbocycles. The van der Waals surface area contributed by atoms with E-state index in [0.717, 1.165) is 5.56 Å². The minimum atomic E-state index is -0.0690. The molecular formula is C21H23N3O3. The third-order valence-electron chi connectivity index (χ3n) is 4.03. The van der Waals surface area contributed by atoms with Crippen LogP contribution in [0.2, 0.25) is 0 Å². The van der Waals surface area contributed by atoms with Crippen LogP contribution in [0.4, 0.5) is 5.69 Å². The van der Waals surface area contributed by atoms with Crippen LogP contribution in [0.1, 0.15) is 31.2 Å². The lowest BCUT2D eigenvalue weighted by molar-refractivity contribution is -0.116. The molecule has 0 aliphatic rings. The molecule has 0 aliphatic heterocycles. The van der Waals surface area contributed by atoms with Crippen molar-refractivity contribution in [2.24, 2.45) is 0 Å². The number of rotatable bonds is 8. The Morgan fingerprint density at radius 2 is 1.93 bits per heavy atom. The van der Waals surface area contributed by atoms with Gasteiger partial charge in [0.2, 0.25) is 17.6 Å². The van der Waals surface area contributed by atoms with Crippen LogP contribution < -0.4 is 10.1 Å². The average Bonchev–Trinajstić information content (AvgIpc) is 3.13. The van der Waals surface area contributed by atoms with Crippen molar-refractivity contribution in [2.75, 3.05) is 11.9 Å². The smallest absolute Gasteiger partial charge is 0.226 e. The van der Waals surface area contributed by atoms with Gasteiger partial charge in [0.1, 0.15) is 5.75 Å². The fraction of sp³-hybridized carbons (Fsp3) is 0.286. The molecule has 0 saturated carbocycles. The number of anilines is 1. The summed E-state index contributed by atoms with van der Waals surface area (Å²) >= 11 is 0. The second-order valence-electron chi connectivity index (χ2n) is 6.21. The molecule has 1 aromatic heterocycles. The highest BCUT2D eigenvalue weighted by atomic mass is 16.5. The molecule has 0 fully saturated rings. The summed E-state index contributed by atoms with van der Waals surface area (Å²) in [5, 5.41) is 6.90.